The van der Waals surface area contributed by atoms with Crippen molar-refractivity contribution in [2.75, 3.05) is 13.1 Å². The van der Waals surface area contributed by atoms with E-state index in [1.54, 1.807) is 6.20 Å². The lowest BCUT2D eigenvalue weighted by molar-refractivity contribution is -0.136. The molecule has 5 nitrogen and oxygen atoms in total. The molecule has 1 aliphatic heterocycles. The molecule has 0 unspecified atom stereocenters. The fraction of sp³-hybridized carbons (Fsp3) is 0.308. The number of amides is 2. The zero-order chi connectivity index (χ0) is 12.8. The van der Waals surface area contributed by atoms with E-state index in [-0.39, 0.29) is 11.8 Å². The minimum Gasteiger partial charge on any atom is -0.313 e. The molecule has 0 fully saturated rings. The number of nitrogens with zero attached hydrogens (tertiary/aromatic N) is 2. The lowest BCUT2D eigenvalue weighted by Crippen LogP contribution is -2.32. The van der Waals surface area contributed by atoms with Crippen molar-refractivity contribution in [2.45, 2.75) is 13.0 Å². The van der Waals surface area contributed by atoms with Gasteiger partial charge >= 0.3 is 0 Å². The summed E-state index contributed by atoms with van der Waals surface area (Å²) in [5.41, 5.74) is 1.12. The predicted octanol–water partition coefficient (Wildman–Crippen LogP) is 0.486. The molecular weight excluding hydrogens is 230 g/mol. The van der Waals surface area contributed by atoms with Gasteiger partial charge in [0.2, 0.25) is 0 Å². The normalized spacial score (nSPS) is 14.6. The molecule has 94 valence electrons. The second kappa shape index (κ2) is 6.07. The molecular formula is C13H15N3O2. The monoisotopic (exact) mass is 245 g/mol. The average molecular weight is 245 g/mol. The van der Waals surface area contributed by atoms with Gasteiger partial charge in [-0.15, -0.1) is 0 Å². The van der Waals surface area contributed by atoms with Crippen LogP contribution < -0.4 is 5.32 Å². The maximum absolute atomic E-state index is 11.3. The molecule has 2 rings (SSSR count). The Bertz CT molecular complexity index is 439. The van der Waals surface area contributed by atoms with Gasteiger partial charge in [0.15, 0.2) is 0 Å². The Hall–Kier alpha value is -2.01. The third-order valence-corrected chi connectivity index (χ3v) is 2.69. The Balaban J connectivity index is 1.62. The van der Waals surface area contributed by atoms with E-state index in [1.807, 2.05) is 18.3 Å². The minimum atomic E-state index is -0.216. The van der Waals surface area contributed by atoms with Crippen LogP contribution in [-0.2, 0) is 16.1 Å². The number of hydrogen-bond donors (Lipinski definition) is 1. The van der Waals surface area contributed by atoms with Crippen LogP contribution in [0.3, 0.4) is 0 Å². The largest absolute Gasteiger partial charge is 0.313 e. The van der Waals surface area contributed by atoms with Crippen molar-refractivity contribution in [2.24, 2.45) is 0 Å². The van der Waals surface area contributed by atoms with Crippen LogP contribution in [0, 0.1) is 0 Å². The topological polar surface area (TPSA) is 62.3 Å². The first-order valence-corrected chi connectivity index (χ1v) is 5.90. The van der Waals surface area contributed by atoms with Gasteiger partial charge in [-0.05, 0) is 24.6 Å². The van der Waals surface area contributed by atoms with Gasteiger partial charge < -0.3 is 5.32 Å². The summed E-state index contributed by atoms with van der Waals surface area (Å²) in [7, 11) is 0. The van der Waals surface area contributed by atoms with Gasteiger partial charge in [-0.3, -0.25) is 19.5 Å². The van der Waals surface area contributed by atoms with Gasteiger partial charge in [-0.1, -0.05) is 6.07 Å². The molecule has 1 N–H and O–H groups in total. The van der Waals surface area contributed by atoms with Crippen molar-refractivity contribution in [1.82, 2.24) is 15.2 Å². The van der Waals surface area contributed by atoms with E-state index in [2.05, 4.69) is 10.3 Å². The quantitative estimate of drug-likeness (QED) is 0.585. The van der Waals surface area contributed by atoms with Crippen LogP contribution >= 0.6 is 0 Å². The third-order valence-electron chi connectivity index (χ3n) is 2.69. The van der Waals surface area contributed by atoms with Gasteiger partial charge in [0, 0.05) is 37.6 Å². The molecule has 0 saturated heterocycles. The van der Waals surface area contributed by atoms with E-state index in [9.17, 15) is 9.59 Å². The number of carbonyl (C=O) groups excluding carboxylic acids is 2. The molecule has 0 bridgehead atoms. The van der Waals surface area contributed by atoms with Gasteiger partial charge in [0.1, 0.15) is 0 Å². The number of nitrogens with one attached hydrogen (secondary N) is 1. The zero-order valence-corrected chi connectivity index (χ0v) is 10.0. The maximum Gasteiger partial charge on any atom is 0.253 e. The Labute approximate surface area is 106 Å². The van der Waals surface area contributed by atoms with E-state index in [1.165, 1.54) is 17.1 Å². The molecule has 0 aromatic carbocycles. The molecule has 0 aliphatic carbocycles. The summed E-state index contributed by atoms with van der Waals surface area (Å²) < 4.78 is 0. The summed E-state index contributed by atoms with van der Waals surface area (Å²) in [5, 5.41) is 3.25. The Morgan fingerprint density at radius 3 is 2.67 bits per heavy atom. The SMILES string of the molecule is O=C1C=CC(=O)N1CCCNCc1cccnc1. The number of aromatic nitrogens is 1. The molecule has 1 aliphatic rings. The molecule has 0 atom stereocenters. The maximum atomic E-state index is 11.3. The fourth-order valence-corrected chi connectivity index (χ4v) is 1.75. The lowest BCUT2D eigenvalue weighted by atomic mass is 10.3. The molecule has 0 saturated carbocycles. The van der Waals surface area contributed by atoms with Crippen LogP contribution in [-0.4, -0.2) is 34.8 Å². The van der Waals surface area contributed by atoms with Crippen molar-refractivity contribution < 1.29 is 9.59 Å². The van der Waals surface area contributed by atoms with E-state index in [0.717, 1.165) is 25.1 Å². The molecule has 2 heterocycles. The van der Waals surface area contributed by atoms with Crippen LogP contribution in [0.15, 0.2) is 36.7 Å². The molecule has 1 aromatic rings. The van der Waals surface area contributed by atoms with Crippen LogP contribution in [0.4, 0.5) is 0 Å². The average Bonchev–Trinajstić information content (AvgIpc) is 2.71. The summed E-state index contributed by atoms with van der Waals surface area (Å²) in [4.78, 5) is 27.8. The molecule has 18 heavy (non-hydrogen) atoms. The van der Waals surface area contributed by atoms with Crippen molar-refractivity contribution in [3.05, 3.63) is 42.2 Å². The van der Waals surface area contributed by atoms with E-state index >= 15 is 0 Å². The highest BCUT2D eigenvalue weighted by atomic mass is 16.2. The molecule has 5 heteroatoms. The van der Waals surface area contributed by atoms with E-state index in [4.69, 9.17) is 0 Å². The fourth-order valence-electron chi connectivity index (χ4n) is 1.75. The first-order chi connectivity index (χ1) is 8.77. The molecule has 1 aromatic heterocycles. The first-order valence-electron chi connectivity index (χ1n) is 5.90. The van der Waals surface area contributed by atoms with E-state index in [0.29, 0.717) is 6.54 Å². The number of rotatable bonds is 6. The summed E-state index contributed by atoms with van der Waals surface area (Å²) in [6.07, 6.45) is 6.92. The minimum absolute atomic E-state index is 0.216. The van der Waals surface area contributed by atoms with Crippen molar-refractivity contribution in [3.8, 4) is 0 Å². The van der Waals surface area contributed by atoms with Crippen molar-refractivity contribution in [3.63, 3.8) is 0 Å². The van der Waals surface area contributed by atoms with Gasteiger partial charge in [-0.2, -0.15) is 0 Å². The van der Waals surface area contributed by atoms with Gasteiger partial charge in [0.25, 0.3) is 11.8 Å². The summed E-state index contributed by atoms with van der Waals surface area (Å²) in [5.74, 6) is -0.431. The Morgan fingerprint density at radius 1 is 1.22 bits per heavy atom. The Kier molecular flexibility index (Phi) is 4.20. The van der Waals surface area contributed by atoms with Crippen molar-refractivity contribution >= 4 is 11.8 Å². The summed E-state index contributed by atoms with van der Waals surface area (Å²) >= 11 is 0. The number of carbonyl (C=O) groups is 2. The van der Waals surface area contributed by atoms with Crippen LogP contribution in [0.5, 0.6) is 0 Å². The lowest BCUT2D eigenvalue weighted by Gasteiger charge is -2.13. The third kappa shape index (κ3) is 3.24. The summed E-state index contributed by atoms with van der Waals surface area (Å²) in [6.45, 7) is 1.96. The molecule has 0 radical (unpaired) electrons. The highest BCUT2D eigenvalue weighted by molar-refractivity contribution is 6.12. The van der Waals surface area contributed by atoms with Gasteiger partial charge in [0.05, 0.1) is 0 Å². The standard InChI is InChI=1S/C13H15N3O2/c17-12-4-5-13(18)16(12)8-2-7-15-10-11-3-1-6-14-9-11/h1,3-6,9,15H,2,7-8,10H2. The smallest absolute Gasteiger partial charge is 0.253 e. The second-order valence-electron chi connectivity index (χ2n) is 4.05. The number of imide groups is 1. The molecule has 2 amide bonds. The number of hydrogen-bond acceptors (Lipinski definition) is 4. The predicted molar refractivity (Wildman–Crippen MR) is 66.4 cm³/mol. The second-order valence-corrected chi connectivity index (χ2v) is 4.05. The van der Waals surface area contributed by atoms with Crippen LogP contribution in [0.1, 0.15) is 12.0 Å². The number of pyridine rings is 1. The van der Waals surface area contributed by atoms with Gasteiger partial charge in [-0.25, -0.2) is 0 Å². The zero-order valence-electron chi connectivity index (χ0n) is 10.0. The summed E-state index contributed by atoms with van der Waals surface area (Å²) in [6, 6.07) is 3.89. The van der Waals surface area contributed by atoms with Crippen molar-refractivity contribution in [1.29, 1.82) is 0 Å². The first kappa shape index (κ1) is 12.4. The van der Waals surface area contributed by atoms with Crippen LogP contribution in [0.25, 0.3) is 0 Å². The molecule has 0 spiro atoms. The highest BCUT2D eigenvalue weighted by Crippen LogP contribution is 2.03. The highest BCUT2D eigenvalue weighted by Gasteiger charge is 2.21. The Morgan fingerprint density at radius 2 is 2.00 bits per heavy atom. The van der Waals surface area contributed by atoms with E-state index < -0.39 is 0 Å². The van der Waals surface area contributed by atoms with Crippen LogP contribution in [0.2, 0.25) is 0 Å².